The summed E-state index contributed by atoms with van der Waals surface area (Å²) in [6.45, 7) is 0.362. The van der Waals surface area contributed by atoms with Crippen LogP contribution in [0.2, 0.25) is 0 Å². The smallest absolute Gasteiger partial charge is 0.430 e. The molecule has 0 aliphatic heterocycles. The van der Waals surface area contributed by atoms with Crippen molar-refractivity contribution in [1.29, 1.82) is 0 Å². The fourth-order valence-electron chi connectivity index (χ4n) is 2.47. The predicted octanol–water partition coefficient (Wildman–Crippen LogP) is 0.478. The number of nitrogens with zero attached hydrogens (tertiary/aromatic N) is 4. The molecule has 2 aromatic rings. The van der Waals surface area contributed by atoms with Crippen LogP contribution in [0.1, 0.15) is 30.5 Å². The number of hydrogen-bond acceptors (Lipinski definition) is 6. The van der Waals surface area contributed by atoms with Gasteiger partial charge in [0.15, 0.2) is 18.6 Å². The molecule has 0 atom stereocenters. The van der Waals surface area contributed by atoms with Gasteiger partial charge < -0.3 is 15.0 Å². The Balaban J connectivity index is 0.000000345. The van der Waals surface area contributed by atoms with E-state index in [1.165, 1.54) is 18.4 Å². The number of rotatable bonds is 4. The highest BCUT2D eigenvalue weighted by Gasteiger charge is 2.28. The zero-order chi connectivity index (χ0) is 20.7. The average Bonchev–Trinajstić information content (AvgIpc) is 2.66. The van der Waals surface area contributed by atoms with Gasteiger partial charge in [0.2, 0.25) is 0 Å². The molecule has 0 amide bonds. The number of carboxylic acids is 2. The summed E-state index contributed by atoms with van der Waals surface area (Å²) in [5, 5.41) is 21.7. The second-order valence-electron chi connectivity index (χ2n) is 5.98. The van der Waals surface area contributed by atoms with Crippen molar-refractivity contribution in [3.8, 4) is 11.4 Å². The third kappa shape index (κ3) is 6.25. The quantitative estimate of drug-likeness (QED) is 0.744. The monoisotopic (exact) mass is 398 g/mol. The summed E-state index contributed by atoms with van der Waals surface area (Å²) in [5.74, 6) is -3.15. The lowest BCUT2D eigenvalue weighted by Gasteiger charge is -2.14. The summed E-state index contributed by atoms with van der Waals surface area (Å²) < 4.78 is 33.2. The van der Waals surface area contributed by atoms with Crippen molar-refractivity contribution >= 4 is 11.9 Å². The lowest BCUT2D eigenvalue weighted by molar-refractivity contribution is -0.752. The predicted molar refractivity (Wildman–Crippen MR) is 85.4 cm³/mol. The topological polar surface area (TPSA) is 120 Å². The summed E-state index contributed by atoms with van der Waals surface area (Å²) in [4.78, 5) is 28.4. The zero-order valence-corrected chi connectivity index (χ0v) is 14.6. The van der Waals surface area contributed by atoms with E-state index in [2.05, 4.69) is 15.1 Å². The van der Waals surface area contributed by atoms with Crippen LogP contribution < -0.4 is 9.79 Å². The number of aliphatic carboxylic acids is 2. The third-order valence-corrected chi connectivity index (χ3v) is 3.88. The number of hydrogen-bond donors (Lipinski definition) is 1. The molecule has 1 aliphatic rings. The van der Waals surface area contributed by atoms with Gasteiger partial charge in [-0.1, -0.05) is 4.68 Å². The highest BCUT2D eigenvalue weighted by Crippen LogP contribution is 2.21. The summed E-state index contributed by atoms with van der Waals surface area (Å²) >= 11 is 0. The van der Waals surface area contributed by atoms with Crippen LogP contribution in [0.15, 0.2) is 24.7 Å². The van der Waals surface area contributed by atoms with Gasteiger partial charge in [-0.15, -0.1) is 0 Å². The molecule has 0 unspecified atom stereocenters. The molecule has 150 valence electrons. The Morgan fingerprint density at radius 3 is 2.46 bits per heavy atom. The molecule has 0 bridgehead atoms. The Hall–Kier alpha value is -3.11. The molecule has 0 fully saturated rings. The standard InChI is InChI=1S/C15H16N4O2.C2HF3O2/c20-14(21)6-8-19-7-5-12(10-17-19)15-16-9-11-3-1-2-4-13(11)18-15;3-2(4,5)1(6)7/h5,7,9-10H,1-4,6,8H2;(H,6,7). The van der Waals surface area contributed by atoms with E-state index >= 15 is 0 Å². The summed E-state index contributed by atoms with van der Waals surface area (Å²) in [7, 11) is 0. The van der Waals surface area contributed by atoms with Gasteiger partial charge in [0.1, 0.15) is 18.6 Å². The summed E-state index contributed by atoms with van der Waals surface area (Å²) in [6, 6.07) is 1.87. The molecule has 2 aromatic heterocycles. The number of aromatic nitrogens is 4. The average molecular weight is 398 g/mol. The number of carboxylic acid groups (broad SMARTS) is 2. The van der Waals surface area contributed by atoms with Crippen LogP contribution in [0.3, 0.4) is 0 Å². The van der Waals surface area contributed by atoms with E-state index in [0.29, 0.717) is 12.4 Å². The van der Waals surface area contributed by atoms with Crippen molar-refractivity contribution in [2.24, 2.45) is 0 Å². The van der Waals surface area contributed by atoms with E-state index in [4.69, 9.17) is 15.0 Å². The van der Waals surface area contributed by atoms with Gasteiger partial charge in [0.25, 0.3) is 0 Å². The number of carbonyl (C=O) groups is 2. The first-order chi connectivity index (χ1) is 13.2. The maximum absolute atomic E-state index is 10.5. The zero-order valence-electron chi connectivity index (χ0n) is 14.6. The van der Waals surface area contributed by atoms with Crippen LogP contribution in [-0.2, 0) is 29.0 Å². The molecule has 0 radical (unpaired) electrons. The van der Waals surface area contributed by atoms with Crippen molar-refractivity contribution in [2.45, 2.75) is 44.8 Å². The first-order valence-electron chi connectivity index (χ1n) is 8.37. The molecule has 0 spiro atoms. The Labute approximate surface area is 157 Å². The molecule has 3 rings (SSSR count). The van der Waals surface area contributed by atoms with Crippen molar-refractivity contribution in [3.63, 3.8) is 0 Å². The largest absolute Gasteiger partial charge is 0.542 e. The Bertz CT molecular complexity index is 841. The Morgan fingerprint density at radius 1 is 1.21 bits per heavy atom. The first kappa shape index (κ1) is 21.2. The fraction of sp³-hybridized carbons (Fsp3) is 0.412. The van der Waals surface area contributed by atoms with E-state index < -0.39 is 18.1 Å². The SMILES string of the molecule is O=C(O)CC[n+]1ccc(-c2ncc3c(n2)CCCC3)cn1.O=C([O-])C(F)(F)F. The van der Waals surface area contributed by atoms with Crippen LogP contribution in [0, 0.1) is 0 Å². The van der Waals surface area contributed by atoms with Gasteiger partial charge >= 0.3 is 12.1 Å². The molecule has 0 saturated heterocycles. The van der Waals surface area contributed by atoms with Crippen LogP contribution in [0.5, 0.6) is 0 Å². The van der Waals surface area contributed by atoms with E-state index in [1.807, 2.05) is 12.3 Å². The van der Waals surface area contributed by atoms with Gasteiger partial charge in [-0.3, -0.25) is 4.79 Å². The maximum Gasteiger partial charge on any atom is 0.430 e. The summed E-state index contributed by atoms with van der Waals surface area (Å²) in [5.41, 5.74) is 3.26. The fourth-order valence-corrected chi connectivity index (χ4v) is 2.47. The van der Waals surface area contributed by atoms with Crippen molar-refractivity contribution in [3.05, 3.63) is 35.9 Å². The van der Waals surface area contributed by atoms with Crippen LogP contribution in [-0.4, -0.2) is 38.3 Å². The molecule has 0 saturated carbocycles. The van der Waals surface area contributed by atoms with Crippen LogP contribution >= 0.6 is 0 Å². The number of alkyl halides is 3. The molecule has 1 aliphatic carbocycles. The minimum atomic E-state index is -5.19. The molecule has 8 nitrogen and oxygen atoms in total. The normalized spacial score (nSPS) is 13.1. The molecular formula is C17H17F3N4O4. The number of halogens is 3. The van der Waals surface area contributed by atoms with E-state index in [1.54, 1.807) is 17.1 Å². The third-order valence-electron chi connectivity index (χ3n) is 3.88. The first-order valence-corrected chi connectivity index (χ1v) is 8.37. The van der Waals surface area contributed by atoms with Crippen molar-refractivity contribution in [2.75, 3.05) is 0 Å². The molecule has 2 heterocycles. The van der Waals surface area contributed by atoms with Gasteiger partial charge in [-0.2, -0.15) is 13.2 Å². The van der Waals surface area contributed by atoms with Gasteiger partial charge in [-0.05, 0) is 36.3 Å². The minimum Gasteiger partial charge on any atom is -0.542 e. The molecule has 0 aromatic carbocycles. The second-order valence-corrected chi connectivity index (χ2v) is 5.98. The Kier molecular flexibility index (Phi) is 6.96. The van der Waals surface area contributed by atoms with E-state index in [-0.39, 0.29) is 6.42 Å². The maximum atomic E-state index is 10.5. The molecule has 28 heavy (non-hydrogen) atoms. The van der Waals surface area contributed by atoms with E-state index in [0.717, 1.165) is 24.1 Å². The van der Waals surface area contributed by atoms with Gasteiger partial charge in [-0.25, -0.2) is 9.97 Å². The molecule has 11 heteroatoms. The highest BCUT2D eigenvalue weighted by molar-refractivity contribution is 5.70. The van der Waals surface area contributed by atoms with Gasteiger partial charge in [0, 0.05) is 23.5 Å². The highest BCUT2D eigenvalue weighted by atomic mass is 19.4. The number of carbonyl (C=O) groups excluding carboxylic acids is 1. The molecule has 1 N–H and O–H groups in total. The van der Waals surface area contributed by atoms with Crippen molar-refractivity contribution in [1.82, 2.24) is 15.1 Å². The van der Waals surface area contributed by atoms with Gasteiger partial charge in [0.05, 0.1) is 0 Å². The lowest BCUT2D eigenvalue weighted by Crippen LogP contribution is -2.38. The van der Waals surface area contributed by atoms with Crippen molar-refractivity contribution < 1.29 is 37.7 Å². The number of aryl methyl sites for hydroxylation is 3. The molecular weight excluding hydrogens is 381 g/mol. The minimum absolute atomic E-state index is 0.0619. The van der Waals surface area contributed by atoms with Crippen LogP contribution in [0.25, 0.3) is 11.4 Å². The van der Waals surface area contributed by atoms with E-state index in [9.17, 15) is 18.0 Å². The van der Waals surface area contributed by atoms with Crippen LogP contribution in [0.4, 0.5) is 13.2 Å². The number of fused-ring (bicyclic) bond motifs is 1. The summed E-state index contributed by atoms with van der Waals surface area (Å²) in [6.07, 6.45) is 4.72. The second kappa shape index (κ2) is 9.20. The lowest BCUT2D eigenvalue weighted by atomic mass is 9.97. The Morgan fingerprint density at radius 2 is 1.89 bits per heavy atom.